The van der Waals surface area contributed by atoms with E-state index in [9.17, 15) is 51.1 Å². The lowest BCUT2D eigenvalue weighted by molar-refractivity contribution is -0.386. The Hall–Kier alpha value is -0.980. The molecule has 9 aliphatic rings. The zero-order valence-corrected chi connectivity index (χ0v) is 37.0. The molecular formula is C45H73NO17. The molecule has 1 spiro atoms. The van der Waals surface area contributed by atoms with Gasteiger partial charge in [0, 0.05) is 19.1 Å². The van der Waals surface area contributed by atoms with Crippen molar-refractivity contribution in [3.63, 3.8) is 0 Å². The molecule has 27 atom stereocenters. The maximum absolute atomic E-state index is 11.5. The van der Waals surface area contributed by atoms with Gasteiger partial charge < -0.3 is 84.2 Å². The van der Waals surface area contributed by atoms with E-state index < -0.39 is 117 Å². The van der Waals surface area contributed by atoms with Gasteiger partial charge in [0.15, 0.2) is 18.9 Å². The molecule has 63 heavy (non-hydrogen) atoms. The summed E-state index contributed by atoms with van der Waals surface area (Å²) in [4.78, 5) is 0. The molecule has 3 saturated carbocycles. The molecule has 0 aromatic rings. The van der Waals surface area contributed by atoms with Gasteiger partial charge in [-0.3, -0.25) is 5.32 Å². The van der Waals surface area contributed by atoms with Crippen molar-refractivity contribution in [1.29, 1.82) is 0 Å². The lowest BCUT2D eigenvalue weighted by Gasteiger charge is -2.59. The standard InChI is InChI=1S/C45H73NO17/c1-18-30-27(63-45(18)29(49)12-21(16-47)15-46-45)14-26-24-7-6-22-13-23(8-10-43(22,4)25(24)9-11-44(26,30)5)59-38-37(61-41-35(54)33(52)31(50)19(2)57-41)28(17-48)60-40(56)39(38)62-42-36(55)34(53)32(51)20(3)58-42/h6,18-21,23-42,46-56H,7-17H2,1-5H3. The number of aliphatic hydroxyl groups excluding tert-OH is 10. The van der Waals surface area contributed by atoms with Gasteiger partial charge in [-0.05, 0) is 106 Å². The molecule has 9 rings (SSSR count). The second-order valence-electron chi connectivity index (χ2n) is 21.3. The third-order valence-corrected chi connectivity index (χ3v) is 18.0. The number of fused-ring (bicyclic) bond motifs is 7. The average molecular weight is 900 g/mol. The minimum Gasteiger partial charge on any atom is -0.396 e. The van der Waals surface area contributed by atoms with Crippen LogP contribution in [0.25, 0.3) is 0 Å². The normalized spacial score (nSPS) is 58.1. The topological polar surface area (TPSA) is 279 Å². The van der Waals surface area contributed by atoms with Crippen molar-refractivity contribution in [1.82, 2.24) is 5.32 Å². The molecule has 0 amide bonds. The summed E-state index contributed by atoms with van der Waals surface area (Å²) in [6.45, 7) is 10.1. The largest absolute Gasteiger partial charge is 0.396 e. The summed E-state index contributed by atoms with van der Waals surface area (Å²) in [6.07, 6.45) is -13.7. The highest BCUT2D eigenvalue weighted by Gasteiger charge is 2.70. The van der Waals surface area contributed by atoms with Crippen LogP contribution in [0.3, 0.4) is 0 Å². The van der Waals surface area contributed by atoms with E-state index in [-0.39, 0.29) is 35.4 Å². The van der Waals surface area contributed by atoms with Crippen LogP contribution >= 0.6 is 0 Å². The molecule has 27 unspecified atom stereocenters. The summed E-state index contributed by atoms with van der Waals surface area (Å²) in [7, 11) is 0. The Morgan fingerprint density at radius 2 is 1.37 bits per heavy atom. The number of nitrogens with one attached hydrogen (secondary N) is 1. The molecular weight excluding hydrogens is 826 g/mol. The van der Waals surface area contributed by atoms with Gasteiger partial charge in [-0.15, -0.1) is 0 Å². The van der Waals surface area contributed by atoms with Crippen LogP contribution in [-0.2, 0) is 33.2 Å². The molecule has 0 aromatic carbocycles. The lowest BCUT2D eigenvalue weighted by Crippen LogP contribution is -2.67. The van der Waals surface area contributed by atoms with E-state index in [0.717, 1.165) is 32.1 Å². The molecule has 11 N–H and O–H groups in total. The van der Waals surface area contributed by atoms with Crippen LogP contribution in [0.2, 0.25) is 0 Å². The first-order valence-corrected chi connectivity index (χ1v) is 23.6. The zero-order valence-electron chi connectivity index (χ0n) is 37.0. The third-order valence-electron chi connectivity index (χ3n) is 18.0. The number of allylic oxidation sites excluding steroid dienone is 1. The smallest absolute Gasteiger partial charge is 0.187 e. The Morgan fingerprint density at radius 3 is 1.98 bits per heavy atom. The average Bonchev–Trinajstić information content (AvgIpc) is 3.72. The summed E-state index contributed by atoms with van der Waals surface area (Å²) >= 11 is 0. The summed E-state index contributed by atoms with van der Waals surface area (Å²) in [5.74, 6) is 1.76. The van der Waals surface area contributed by atoms with Crippen molar-refractivity contribution < 1.29 is 84.2 Å². The highest BCUT2D eigenvalue weighted by molar-refractivity contribution is 5.27. The van der Waals surface area contributed by atoms with Gasteiger partial charge >= 0.3 is 0 Å². The predicted octanol–water partition coefficient (Wildman–Crippen LogP) is -1.24. The van der Waals surface area contributed by atoms with Crippen molar-refractivity contribution in [2.45, 2.75) is 202 Å². The third kappa shape index (κ3) is 7.62. The summed E-state index contributed by atoms with van der Waals surface area (Å²) < 4.78 is 43.7. The summed E-state index contributed by atoms with van der Waals surface area (Å²) in [6, 6.07) is 0. The number of hydrogen-bond acceptors (Lipinski definition) is 18. The number of rotatable bonds is 8. The molecule has 0 aromatic heterocycles. The van der Waals surface area contributed by atoms with Crippen LogP contribution in [-0.4, -0.2) is 187 Å². The Labute approximate surface area is 368 Å². The Morgan fingerprint density at radius 1 is 0.714 bits per heavy atom. The van der Waals surface area contributed by atoms with Gasteiger partial charge in [-0.1, -0.05) is 32.4 Å². The van der Waals surface area contributed by atoms with E-state index in [1.54, 1.807) is 0 Å². The lowest BCUT2D eigenvalue weighted by atomic mass is 9.46. The molecule has 8 fully saturated rings. The highest BCUT2D eigenvalue weighted by atomic mass is 16.8. The fourth-order valence-corrected chi connectivity index (χ4v) is 14.4. The van der Waals surface area contributed by atoms with E-state index >= 15 is 0 Å². The molecule has 4 aliphatic carbocycles. The van der Waals surface area contributed by atoms with Crippen LogP contribution in [0.15, 0.2) is 11.6 Å². The minimum absolute atomic E-state index is 0.00946. The maximum Gasteiger partial charge on any atom is 0.187 e. The van der Waals surface area contributed by atoms with Gasteiger partial charge in [0.1, 0.15) is 66.8 Å². The highest BCUT2D eigenvalue weighted by Crippen LogP contribution is 2.70. The fourth-order valence-electron chi connectivity index (χ4n) is 14.4. The molecule has 5 aliphatic heterocycles. The first-order chi connectivity index (χ1) is 29.9. The van der Waals surface area contributed by atoms with Crippen molar-refractivity contribution >= 4 is 0 Å². The monoisotopic (exact) mass is 899 g/mol. The van der Waals surface area contributed by atoms with Gasteiger partial charge in [-0.2, -0.15) is 0 Å². The molecule has 360 valence electrons. The number of ether oxygens (including phenoxy) is 7. The van der Waals surface area contributed by atoms with E-state index in [0.29, 0.717) is 49.5 Å². The van der Waals surface area contributed by atoms with Gasteiger partial charge in [0.05, 0.1) is 37.1 Å². The van der Waals surface area contributed by atoms with Crippen LogP contribution in [0.4, 0.5) is 0 Å². The van der Waals surface area contributed by atoms with Crippen LogP contribution in [0.1, 0.15) is 86.0 Å². The van der Waals surface area contributed by atoms with Gasteiger partial charge in [0.2, 0.25) is 0 Å². The SMILES string of the molecule is CC1OC(OC2C(O)OC(CO)C(OC3OC(C)C(O)C(O)C3O)C2OC2CCC3(C)C(=CCC4C3CCC3(C)C4CC4OC5(NCC(CO)CC5O)C(C)C43)C2)C(O)C(O)C1O. The molecule has 5 saturated heterocycles. The number of piperidine rings is 1. The summed E-state index contributed by atoms with van der Waals surface area (Å²) in [5.41, 5.74) is 0.434. The second-order valence-corrected chi connectivity index (χ2v) is 21.3. The fraction of sp³-hybridized carbons (Fsp3) is 0.956. The maximum atomic E-state index is 11.5. The first-order valence-electron chi connectivity index (χ1n) is 23.6. The van der Waals surface area contributed by atoms with Gasteiger partial charge in [0.25, 0.3) is 0 Å². The molecule has 18 nitrogen and oxygen atoms in total. The van der Waals surface area contributed by atoms with E-state index in [1.807, 2.05) is 0 Å². The predicted molar refractivity (Wildman–Crippen MR) is 218 cm³/mol. The summed E-state index contributed by atoms with van der Waals surface area (Å²) in [5, 5.41) is 111. The van der Waals surface area contributed by atoms with Crippen LogP contribution in [0.5, 0.6) is 0 Å². The molecule has 5 heterocycles. The zero-order chi connectivity index (χ0) is 45.1. The van der Waals surface area contributed by atoms with E-state index in [4.69, 9.17) is 33.2 Å². The van der Waals surface area contributed by atoms with E-state index in [1.165, 1.54) is 19.4 Å². The quantitative estimate of drug-likeness (QED) is 0.127. The molecule has 0 bridgehead atoms. The van der Waals surface area contributed by atoms with Crippen molar-refractivity contribution in [2.75, 3.05) is 19.8 Å². The van der Waals surface area contributed by atoms with Crippen LogP contribution < -0.4 is 5.32 Å². The van der Waals surface area contributed by atoms with Crippen molar-refractivity contribution in [3.8, 4) is 0 Å². The van der Waals surface area contributed by atoms with Crippen LogP contribution in [0, 0.1) is 46.3 Å². The van der Waals surface area contributed by atoms with E-state index in [2.05, 4.69) is 32.2 Å². The first kappa shape index (κ1) is 47.1. The molecule has 18 heteroatoms. The van der Waals surface area contributed by atoms with Crippen molar-refractivity contribution in [3.05, 3.63) is 11.6 Å². The van der Waals surface area contributed by atoms with Crippen molar-refractivity contribution in [2.24, 2.45) is 46.3 Å². The number of hydrogen-bond donors (Lipinski definition) is 11. The second kappa shape index (κ2) is 17.5. The van der Waals surface area contributed by atoms with Gasteiger partial charge in [-0.25, -0.2) is 0 Å². The Balaban J connectivity index is 0.949. The Kier molecular flexibility index (Phi) is 13.1. The minimum atomic E-state index is -1.76. The Bertz CT molecular complexity index is 1660. The molecule has 0 radical (unpaired) electrons. The number of aliphatic hydroxyl groups is 10.